The van der Waals surface area contributed by atoms with Crippen molar-refractivity contribution in [3.63, 3.8) is 0 Å². The number of hydrogen-bond acceptors (Lipinski definition) is 3. The fourth-order valence-corrected chi connectivity index (χ4v) is 3.15. The first-order valence-electron chi connectivity index (χ1n) is 8.11. The zero-order valence-corrected chi connectivity index (χ0v) is 15.5. The summed E-state index contributed by atoms with van der Waals surface area (Å²) < 4.78 is 0. The van der Waals surface area contributed by atoms with Crippen molar-refractivity contribution in [3.8, 4) is 0 Å². The minimum absolute atomic E-state index is 0.123. The molecule has 1 aromatic heterocycles. The Morgan fingerprint density at radius 3 is 2.44 bits per heavy atom. The maximum absolute atomic E-state index is 12.2. The quantitative estimate of drug-likeness (QED) is 0.678. The molecule has 0 spiro atoms. The lowest BCUT2D eigenvalue weighted by molar-refractivity contribution is 0.406. The Bertz CT molecular complexity index is 936. The third-order valence-corrected chi connectivity index (χ3v) is 4.59. The van der Waals surface area contributed by atoms with E-state index in [2.05, 4.69) is 29.1 Å². The molecule has 6 heteroatoms. The Morgan fingerprint density at radius 2 is 1.76 bits per heavy atom. The van der Waals surface area contributed by atoms with E-state index in [9.17, 15) is 4.79 Å². The van der Waals surface area contributed by atoms with Crippen LogP contribution >= 0.6 is 23.2 Å². The fourth-order valence-electron chi connectivity index (χ4n) is 2.86. The van der Waals surface area contributed by atoms with E-state index in [4.69, 9.17) is 23.2 Å². The number of nitrogens with one attached hydrogen (secondary N) is 2. The van der Waals surface area contributed by atoms with Crippen LogP contribution in [0.5, 0.6) is 0 Å². The lowest BCUT2D eigenvalue weighted by atomic mass is 9.96. The predicted octanol–water partition coefficient (Wildman–Crippen LogP) is 4.72. The Balaban J connectivity index is 1.84. The summed E-state index contributed by atoms with van der Waals surface area (Å²) in [6.45, 7) is 4.73. The normalized spacial score (nSPS) is 12.7. The standard InChI is InChI=1S/C19H19Cl2N3O/c1-11(2)18(12-3-5-13(20)6-4-12)22-10-17-23-16-9-14(21)7-8-15(16)19(25)24-17/h3-9,11,18,22H,10H2,1-2H3,(H,23,24,25)/t18-/m0/s1. The Labute approximate surface area is 156 Å². The van der Waals surface area contributed by atoms with Crippen molar-refractivity contribution < 1.29 is 0 Å². The van der Waals surface area contributed by atoms with Gasteiger partial charge in [-0.1, -0.05) is 49.2 Å². The van der Waals surface area contributed by atoms with Crippen LogP contribution in [0.2, 0.25) is 10.0 Å². The molecule has 0 fully saturated rings. The molecule has 0 radical (unpaired) electrons. The summed E-state index contributed by atoms with van der Waals surface area (Å²) >= 11 is 12.0. The van der Waals surface area contributed by atoms with E-state index in [1.807, 2.05) is 24.3 Å². The number of aromatic amines is 1. The number of benzene rings is 2. The third kappa shape index (κ3) is 4.21. The fraction of sp³-hybridized carbons (Fsp3) is 0.263. The van der Waals surface area contributed by atoms with Gasteiger partial charge in [0.25, 0.3) is 5.56 Å². The van der Waals surface area contributed by atoms with Gasteiger partial charge in [-0.2, -0.15) is 0 Å². The topological polar surface area (TPSA) is 57.8 Å². The van der Waals surface area contributed by atoms with Crippen LogP contribution < -0.4 is 10.9 Å². The van der Waals surface area contributed by atoms with Gasteiger partial charge in [0.15, 0.2) is 0 Å². The summed E-state index contributed by atoms with van der Waals surface area (Å²) in [5.41, 5.74) is 1.58. The van der Waals surface area contributed by atoms with Gasteiger partial charge >= 0.3 is 0 Å². The second-order valence-electron chi connectivity index (χ2n) is 6.33. The van der Waals surface area contributed by atoms with E-state index in [0.29, 0.717) is 39.2 Å². The van der Waals surface area contributed by atoms with Crippen LogP contribution in [0.1, 0.15) is 31.3 Å². The molecule has 0 aliphatic rings. The molecule has 0 bridgehead atoms. The molecule has 4 nitrogen and oxygen atoms in total. The van der Waals surface area contributed by atoms with Crippen LogP contribution in [0.4, 0.5) is 0 Å². The van der Waals surface area contributed by atoms with E-state index in [1.165, 1.54) is 0 Å². The molecule has 2 aromatic carbocycles. The van der Waals surface area contributed by atoms with Crippen molar-refractivity contribution in [2.24, 2.45) is 5.92 Å². The van der Waals surface area contributed by atoms with Gasteiger partial charge in [0.1, 0.15) is 5.82 Å². The first-order chi connectivity index (χ1) is 11.9. The molecule has 1 heterocycles. The van der Waals surface area contributed by atoms with E-state index in [-0.39, 0.29) is 11.6 Å². The minimum Gasteiger partial charge on any atom is -0.309 e. The van der Waals surface area contributed by atoms with Gasteiger partial charge in [0, 0.05) is 16.1 Å². The summed E-state index contributed by atoms with van der Waals surface area (Å²) in [7, 11) is 0. The van der Waals surface area contributed by atoms with E-state index in [1.54, 1.807) is 18.2 Å². The van der Waals surface area contributed by atoms with Crippen molar-refractivity contribution in [3.05, 3.63) is 74.3 Å². The summed E-state index contributed by atoms with van der Waals surface area (Å²) in [5, 5.41) is 5.28. The van der Waals surface area contributed by atoms with Crippen molar-refractivity contribution >= 4 is 34.1 Å². The minimum atomic E-state index is -0.161. The molecular weight excluding hydrogens is 357 g/mol. The molecule has 0 saturated heterocycles. The highest BCUT2D eigenvalue weighted by Crippen LogP contribution is 2.23. The average Bonchev–Trinajstić information content (AvgIpc) is 2.56. The Morgan fingerprint density at radius 1 is 1.08 bits per heavy atom. The summed E-state index contributed by atoms with van der Waals surface area (Å²) in [5.74, 6) is 0.946. The summed E-state index contributed by atoms with van der Waals surface area (Å²) in [6, 6.07) is 13.0. The number of hydrogen-bond donors (Lipinski definition) is 2. The maximum Gasteiger partial charge on any atom is 0.258 e. The lowest BCUT2D eigenvalue weighted by Gasteiger charge is -2.23. The highest BCUT2D eigenvalue weighted by atomic mass is 35.5. The molecule has 3 aromatic rings. The van der Waals surface area contributed by atoms with Gasteiger partial charge in [-0.15, -0.1) is 0 Å². The molecular formula is C19H19Cl2N3O. The second-order valence-corrected chi connectivity index (χ2v) is 7.20. The molecule has 25 heavy (non-hydrogen) atoms. The van der Waals surface area contributed by atoms with Gasteiger partial charge in [0.2, 0.25) is 0 Å². The predicted molar refractivity (Wildman–Crippen MR) is 103 cm³/mol. The molecule has 0 saturated carbocycles. The van der Waals surface area contributed by atoms with Gasteiger partial charge in [-0.25, -0.2) is 4.98 Å². The molecule has 0 amide bonds. The number of fused-ring (bicyclic) bond motifs is 1. The average molecular weight is 376 g/mol. The first-order valence-corrected chi connectivity index (χ1v) is 8.87. The van der Waals surface area contributed by atoms with Gasteiger partial charge < -0.3 is 10.3 Å². The smallest absolute Gasteiger partial charge is 0.258 e. The molecule has 0 aliphatic heterocycles. The van der Waals surface area contributed by atoms with Crippen LogP contribution in [-0.4, -0.2) is 9.97 Å². The van der Waals surface area contributed by atoms with E-state index < -0.39 is 0 Å². The zero-order valence-electron chi connectivity index (χ0n) is 14.0. The Hall–Kier alpha value is -1.88. The van der Waals surface area contributed by atoms with E-state index in [0.717, 1.165) is 5.56 Å². The summed E-state index contributed by atoms with van der Waals surface area (Å²) in [6.07, 6.45) is 0. The largest absolute Gasteiger partial charge is 0.309 e. The highest BCUT2D eigenvalue weighted by Gasteiger charge is 2.16. The molecule has 0 aliphatic carbocycles. The van der Waals surface area contributed by atoms with Crippen LogP contribution in [0.15, 0.2) is 47.3 Å². The zero-order chi connectivity index (χ0) is 18.0. The lowest BCUT2D eigenvalue weighted by Crippen LogP contribution is -2.27. The molecule has 3 rings (SSSR count). The number of halogens is 2. The monoisotopic (exact) mass is 375 g/mol. The molecule has 130 valence electrons. The maximum atomic E-state index is 12.2. The number of nitrogens with zero attached hydrogens (tertiary/aromatic N) is 1. The van der Waals surface area contributed by atoms with Crippen molar-refractivity contribution in [1.82, 2.24) is 15.3 Å². The van der Waals surface area contributed by atoms with E-state index >= 15 is 0 Å². The first kappa shape index (κ1) is 17.9. The van der Waals surface area contributed by atoms with Crippen molar-refractivity contribution in [2.75, 3.05) is 0 Å². The molecule has 0 unspecified atom stereocenters. The molecule has 1 atom stereocenters. The van der Waals surface area contributed by atoms with Crippen LogP contribution in [-0.2, 0) is 6.54 Å². The Kier molecular flexibility index (Phi) is 5.42. The van der Waals surface area contributed by atoms with Crippen molar-refractivity contribution in [1.29, 1.82) is 0 Å². The second kappa shape index (κ2) is 7.56. The summed E-state index contributed by atoms with van der Waals surface area (Å²) in [4.78, 5) is 19.6. The van der Waals surface area contributed by atoms with Gasteiger partial charge in [-0.05, 0) is 41.8 Å². The molecule has 2 N–H and O–H groups in total. The SMILES string of the molecule is CC(C)[C@H](NCc1nc2cc(Cl)ccc2c(=O)[nH]1)c1ccc(Cl)cc1. The van der Waals surface area contributed by atoms with Crippen molar-refractivity contribution in [2.45, 2.75) is 26.4 Å². The van der Waals surface area contributed by atoms with Crippen LogP contribution in [0, 0.1) is 5.92 Å². The third-order valence-electron chi connectivity index (χ3n) is 4.10. The number of rotatable bonds is 5. The number of H-pyrrole nitrogens is 1. The van der Waals surface area contributed by atoms with Crippen LogP contribution in [0.25, 0.3) is 10.9 Å². The highest BCUT2D eigenvalue weighted by molar-refractivity contribution is 6.31. The van der Waals surface area contributed by atoms with Crippen LogP contribution in [0.3, 0.4) is 0 Å². The van der Waals surface area contributed by atoms with Gasteiger partial charge in [0.05, 0.1) is 17.4 Å². The van der Waals surface area contributed by atoms with Gasteiger partial charge in [-0.3, -0.25) is 4.79 Å². The number of aromatic nitrogens is 2.